The predicted octanol–water partition coefficient (Wildman–Crippen LogP) is 2.72. The lowest BCUT2D eigenvalue weighted by Gasteiger charge is -1.99. The highest BCUT2D eigenvalue weighted by Crippen LogP contribution is 2.27. The summed E-state index contributed by atoms with van der Waals surface area (Å²) in [6.45, 7) is 2.10. The number of nitrogen functional groups attached to an aromatic ring is 1. The van der Waals surface area contributed by atoms with Crippen molar-refractivity contribution in [2.24, 2.45) is 7.05 Å². The lowest BCUT2D eigenvalue weighted by Crippen LogP contribution is -1.83. The van der Waals surface area contributed by atoms with E-state index in [0.717, 1.165) is 11.3 Å². The molecule has 0 saturated heterocycles. The van der Waals surface area contributed by atoms with E-state index in [0.29, 0.717) is 5.88 Å². The molecule has 3 rings (SSSR count). The quantitative estimate of drug-likeness (QED) is 0.695. The third-order valence-corrected chi connectivity index (χ3v) is 3.01. The summed E-state index contributed by atoms with van der Waals surface area (Å²) in [5, 5.41) is 5.15. The molecule has 17 heavy (non-hydrogen) atoms. The van der Waals surface area contributed by atoms with E-state index in [2.05, 4.69) is 35.0 Å². The summed E-state index contributed by atoms with van der Waals surface area (Å²) in [4.78, 5) is 0. The van der Waals surface area contributed by atoms with Crippen molar-refractivity contribution in [3.8, 4) is 11.3 Å². The Kier molecular flexibility index (Phi) is 1.98. The number of anilines is 1. The van der Waals surface area contributed by atoms with Gasteiger partial charge >= 0.3 is 0 Å². The zero-order chi connectivity index (χ0) is 12.0. The van der Waals surface area contributed by atoms with Crippen molar-refractivity contribution in [3.05, 3.63) is 36.0 Å². The predicted molar refractivity (Wildman–Crippen MR) is 67.6 cm³/mol. The van der Waals surface area contributed by atoms with E-state index in [-0.39, 0.29) is 0 Å². The summed E-state index contributed by atoms with van der Waals surface area (Å²) in [5.41, 5.74) is 9.78. The van der Waals surface area contributed by atoms with Gasteiger partial charge in [0.15, 0.2) is 0 Å². The minimum absolute atomic E-state index is 0.338. The second kappa shape index (κ2) is 3.38. The Labute approximate surface area is 98.6 Å². The molecule has 4 heteroatoms. The molecule has 0 fully saturated rings. The van der Waals surface area contributed by atoms with Gasteiger partial charge in [0, 0.05) is 35.8 Å². The monoisotopic (exact) mass is 227 g/mol. The Morgan fingerprint density at radius 1 is 1.29 bits per heavy atom. The molecular formula is C13H13N3O. The van der Waals surface area contributed by atoms with Crippen molar-refractivity contribution >= 4 is 16.8 Å². The highest BCUT2D eigenvalue weighted by molar-refractivity contribution is 5.88. The lowest BCUT2D eigenvalue weighted by atomic mass is 10.1. The molecule has 3 aromatic rings. The van der Waals surface area contributed by atoms with Crippen LogP contribution in [0.15, 0.2) is 35.0 Å². The van der Waals surface area contributed by atoms with Crippen LogP contribution in [-0.2, 0) is 7.05 Å². The largest absolute Gasteiger partial charge is 0.368 e. The molecule has 2 N–H and O–H groups in total. The SMILES string of the molecule is Cc1cn(C)c2ccc(-c3cc(N)on3)cc12. The van der Waals surface area contributed by atoms with Gasteiger partial charge in [-0.1, -0.05) is 11.2 Å². The maximum atomic E-state index is 5.53. The number of benzene rings is 1. The minimum atomic E-state index is 0.338. The third-order valence-electron chi connectivity index (χ3n) is 3.01. The molecule has 0 aliphatic rings. The molecule has 0 spiro atoms. The van der Waals surface area contributed by atoms with E-state index in [1.165, 1.54) is 16.5 Å². The summed E-state index contributed by atoms with van der Waals surface area (Å²) >= 11 is 0. The van der Waals surface area contributed by atoms with Crippen LogP contribution < -0.4 is 5.73 Å². The van der Waals surface area contributed by atoms with E-state index in [9.17, 15) is 0 Å². The first-order chi connectivity index (χ1) is 8.15. The van der Waals surface area contributed by atoms with Gasteiger partial charge in [0.05, 0.1) is 0 Å². The number of aryl methyl sites for hydroxylation is 2. The molecule has 0 radical (unpaired) electrons. The van der Waals surface area contributed by atoms with Gasteiger partial charge in [0.25, 0.3) is 0 Å². The van der Waals surface area contributed by atoms with Crippen LogP contribution in [0.1, 0.15) is 5.56 Å². The van der Waals surface area contributed by atoms with Crippen molar-refractivity contribution in [3.63, 3.8) is 0 Å². The molecule has 4 nitrogen and oxygen atoms in total. The fraction of sp³-hybridized carbons (Fsp3) is 0.154. The summed E-state index contributed by atoms with van der Waals surface area (Å²) in [6.07, 6.45) is 2.12. The van der Waals surface area contributed by atoms with Crippen molar-refractivity contribution in [1.82, 2.24) is 9.72 Å². The van der Waals surface area contributed by atoms with Gasteiger partial charge < -0.3 is 14.8 Å². The van der Waals surface area contributed by atoms with Crippen LogP contribution in [0.5, 0.6) is 0 Å². The number of hydrogen-bond acceptors (Lipinski definition) is 3. The molecule has 2 heterocycles. The Morgan fingerprint density at radius 3 is 2.82 bits per heavy atom. The molecule has 0 amide bonds. The van der Waals surface area contributed by atoms with E-state index in [1.54, 1.807) is 6.07 Å². The molecule has 0 saturated carbocycles. The van der Waals surface area contributed by atoms with Gasteiger partial charge in [-0.15, -0.1) is 0 Å². The van der Waals surface area contributed by atoms with Gasteiger partial charge in [-0.25, -0.2) is 0 Å². The van der Waals surface area contributed by atoms with Gasteiger partial charge in [-0.3, -0.25) is 0 Å². The molecule has 2 aromatic heterocycles. The number of aromatic nitrogens is 2. The standard InChI is InChI=1S/C13H13N3O/c1-8-7-16(2)12-4-3-9(5-10(8)12)11-6-13(14)17-15-11/h3-7H,14H2,1-2H3. The third kappa shape index (κ3) is 1.49. The van der Waals surface area contributed by atoms with E-state index in [4.69, 9.17) is 10.3 Å². The molecule has 0 aliphatic heterocycles. The average Bonchev–Trinajstić information content (AvgIpc) is 2.85. The van der Waals surface area contributed by atoms with E-state index in [1.807, 2.05) is 13.1 Å². The highest BCUT2D eigenvalue weighted by Gasteiger charge is 2.08. The maximum Gasteiger partial charge on any atom is 0.222 e. The summed E-state index contributed by atoms with van der Waals surface area (Å²) in [6, 6.07) is 7.96. The average molecular weight is 227 g/mol. The molecule has 86 valence electrons. The Hall–Kier alpha value is -2.23. The molecule has 0 atom stereocenters. The van der Waals surface area contributed by atoms with Crippen LogP contribution >= 0.6 is 0 Å². The first kappa shape index (κ1) is 9.96. The van der Waals surface area contributed by atoms with Crippen LogP contribution in [0, 0.1) is 6.92 Å². The second-order valence-corrected chi connectivity index (χ2v) is 4.27. The van der Waals surface area contributed by atoms with Gasteiger partial charge in [0.2, 0.25) is 5.88 Å². The van der Waals surface area contributed by atoms with Gasteiger partial charge in [0.1, 0.15) is 5.69 Å². The highest BCUT2D eigenvalue weighted by atomic mass is 16.5. The van der Waals surface area contributed by atoms with E-state index >= 15 is 0 Å². The Bertz CT molecular complexity index is 694. The number of hydrogen-bond donors (Lipinski definition) is 1. The minimum Gasteiger partial charge on any atom is -0.368 e. The topological polar surface area (TPSA) is 57.0 Å². The first-order valence-electron chi connectivity index (χ1n) is 5.43. The fourth-order valence-electron chi connectivity index (χ4n) is 2.17. The zero-order valence-electron chi connectivity index (χ0n) is 9.77. The van der Waals surface area contributed by atoms with Crippen molar-refractivity contribution in [2.75, 3.05) is 5.73 Å². The van der Waals surface area contributed by atoms with Gasteiger partial charge in [-0.2, -0.15) is 0 Å². The fourth-order valence-corrected chi connectivity index (χ4v) is 2.17. The van der Waals surface area contributed by atoms with Crippen molar-refractivity contribution in [2.45, 2.75) is 6.92 Å². The number of rotatable bonds is 1. The Morgan fingerprint density at radius 2 is 2.12 bits per heavy atom. The summed E-state index contributed by atoms with van der Waals surface area (Å²) < 4.78 is 7.01. The van der Waals surface area contributed by atoms with Crippen molar-refractivity contribution < 1.29 is 4.52 Å². The van der Waals surface area contributed by atoms with E-state index < -0.39 is 0 Å². The van der Waals surface area contributed by atoms with Crippen molar-refractivity contribution in [1.29, 1.82) is 0 Å². The maximum absolute atomic E-state index is 5.53. The van der Waals surface area contributed by atoms with Crippen LogP contribution in [0.25, 0.3) is 22.2 Å². The normalized spacial score (nSPS) is 11.2. The summed E-state index contributed by atoms with van der Waals surface area (Å²) in [7, 11) is 2.04. The summed E-state index contributed by atoms with van der Waals surface area (Å²) in [5.74, 6) is 0.338. The Balaban J connectivity index is 2.22. The molecular weight excluding hydrogens is 214 g/mol. The smallest absolute Gasteiger partial charge is 0.222 e. The number of nitrogens with zero attached hydrogens (tertiary/aromatic N) is 2. The number of fused-ring (bicyclic) bond motifs is 1. The lowest BCUT2D eigenvalue weighted by molar-refractivity contribution is 0.439. The molecule has 1 aromatic carbocycles. The molecule has 0 aliphatic carbocycles. The van der Waals surface area contributed by atoms with Crippen LogP contribution in [0.2, 0.25) is 0 Å². The zero-order valence-corrected chi connectivity index (χ0v) is 9.77. The molecule has 0 unspecified atom stereocenters. The second-order valence-electron chi connectivity index (χ2n) is 4.27. The first-order valence-corrected chi connectivity index (χ1v) is 5.43. The van der Waals surface area contributed by atoms with Crippen LogP contribution in [-0.4, -0.2) is 9.72 Å². The number of nitrogens with two attached hydrogens (primary N) is 1. The van der Waals surface area contributed by atoms with Crippen LogP contribution in [0.3, 0.4) is 0 Å². The van der Waals surface area contributed by atoms with Gasteiger partial charge in [-0.05, 0) is 24.6 Å². The molecule has 0 bridgehead atoms. The van der Waals surface area contributed by atoms with Crippen LogP contribution in [0.4, 0.5) is 5.88 Å².